The third kappa shape index (κ3) is 5.93. The number of para-hydroxylation sites is 1. The second kappa shape index (κ2) is 10.6. The van der Waals surface area contributed by atoms with Crippen molar-refractivity contribution in [3.05, 3.63) is 72.1 Å². The van der Waals surface area contributed by atoms with Crippen LogP contribution in [0.15, 0.2) is 65.8 Å². The Bertz CT molecular complexity index is 976. The van der Waals surface area contributed by atoms with Gasteiger partial charge in [-0.25, -0.2) is 0 Å². The summed E-state index contributed by atoms with van der Waals surface area (Å²) in [5.74, 6) is 0.567. The molecule has 0 aliphatic heterocycles. The standard InChI is InChI=1S/C22H25N5O2S/c1-3-27-19(14-20(28)24-18-12-8-5-9-13-18)25-26-22(27)30-15-21(29)23-16(2)17-10-6-4-7-11-17/h4-13,16H,3,14-15H2,1-2H3,(H,23,29)(H,24,28)/t16-/m1/s1. The Labute approximate surface area is 180 Å². The normalized spacial score (nSPS) is 11.7. The van der Waals surface area contributed by atoms with Crippen LogP contribution in [0.5, 0.6) is 0 Å². The maximum atomic E-state index is 12.3. The zero-order valence-corrected chi connectivity index (χ0v) is 17.9. The fraction of sp³-hybridized carbons (Fsp3) is 0.273. The molecule has 2 aromatic carbocycles. The van der Waals surface area contributed by atoms with Crippen LogP contribution in [-0.4, -0.2) is 32.3 Å². The Morgan fingerprint density at radius 3 is 2.33 bits per heavy atom. The van der Waals surface area contributed by atoms with Crippen LogP contribution >= 0.6 is 11.8 Å². The van der Waals surface area contributed by atoms with Crippen molar-refractivity contribution in [2.45, 2.75) is 38.0 Å². The highest BCUT2D eigenvalue weighted by Gasteiger charge is 2.17. The van der Waals surface area contributed by atoms with Crippen molar-refractivity contribution in [1.82, 2.24) is 20.1 Å². The second-order valence-electron chi connectivity index (χ2n) is 6.72. The van der Waals surface area contributed by atoms with Gasteiger partial charge in [0.15, 0.2) is 5.16 Å². The Hall–Kier alpha value is -3.13. The molecule has 156 valence electrons. The first-order chi connectivity index (χ1) is 14.6. The Kier molecular flexibility index (Phi) is 7.62. The molecule has 0 unspecified atom stereocenters. The van der Waals surface area contributed by atoms with Crippen molar-refractivity contribution in [3.8, 4) is 0 Å². The fourth-order valence-corrected chi connectivity index (χ4v) is 3.82. The lowest BCUT2D eigenvalue weighted by Crippen LogP contribution is -2.28. The summed E-state index contributed by atoms with van der Waals surface area (Å²) in [6.45, 7) is 4.53. The highest BCUT2D eigenvalue weighted by atomic mass is 32.2. The molecule has 0 fully saturated rings. The van der Waals surface area contributed by atoms with Gasteiger partial charge in [-0.1, -0.05) is 60.3 Å². The van der Waals surface area contributed by atoms with E-state index in [1.54, 1.807) is 0 Å². The number of hydrogen-bond donors (Lipinski definition) is 2. The Balaban J connectivity index is 1.54. The molecule has 0 aliphatic carbocycles. The molecule has 8 heteroatoms. The molecule has 2 N–H and O–H groups in total. The molecule has 0 aliphatic rings. The zero-order valence-electron chi connectivity index (χ0n) is 17.0. The van der Waals surface area contributed by atoms with E-state index < -0.39 is 0 Å². The van der Waals surface area contributed by atoms with E-state index in [9.17, 15) is 9.59 Å². The van der Waals surface area contributed by atoms with Crippen LogP contribution in [0.25, 0.3) is 0 Å². The molecule has 0 saturated carbocycles. The third-order valence-corrected chi connectivity index (χ3v) is 5.46. The molecular formula is C22H25N5O2S. The molecule has 1 atom stereocenters. The number of benzene rings is 2. The van der Waals surface area contributed by atoms with Gasteiger partial charge in [0.05, 0.1) is 18.2 Å². The van der Waals surface area contributed by atoms with E-state index in [0.29, 0.717) is 17.5 Å². The lowest BCUT2D eigenvalue weighted by Gasteiger charge is -2.14. The van der Waals surface area contributed by atoms with Gasteiger partial charge in [0.25, 0.3) is 0 Å². The van der Waals surface area contributed by atoms with E-state index in [1.807, 2.05) is 79.1 Å². The van der Waals surface area contributed by atoms with Crippen molar-refractivity contribution >= 4 is 29.3 Å². The van der Waals surface area contributed by atoms with E-state index >= 15 is 0 Å². The lowest BCUT2D eigenvalue weighted by molar-refractivity contribution is -0.119. The lowest BCUT2D eigenvalue weighted by atomic mass is 10.1. The third-order valence-electron chi connectivity index (χ3n) is 4.50. The fourth-order valence-electron chi connectivity index (χ4n) is 2.98. The molecule has 3 aromatic rings. The molecule has 1 aromatic heterocycles. The summed E-state index contributed by atoms with van der Waals surface area (Å²) in [5, 5.41) is 14.8. The SMILES string of the molecule is CCn1c(CC(=O)Nc2ccccc2)nnc1SCC(=O)N[C@H](C)c1ccccc1. The summed E-state index contributed by atoms with van der Waals surface area (Å²) in [7, 11) is 0. The Morgan fingerprint density at radius 2 is 1.67 bits per heavy atom. The van der Waals surface area contributed by atoms with Crippen molar-refractivity contribution in [1.29, 1.82) is 0 Å². The van der Waals surface area contributed by atoms with Crippen molar-refractivity contribution in [2.24, 2.45) is 0 Å². The summed E-state index contributed by atoms with van der Waals surface area (Å²) < 4.78 is 1.86. The number of carbonyl (C=O) groups is 2. The van der Waals surface area contributed by atoms with Gasteiger partial charge in [0.2, 0.25) is 11.8 Å². The number of nitrogens with zero attached hydrogens (tertiary/aromatic N) is 3. The average molecular weight is 424 g/mol. The van der Waals surface area contributed by atoms with Gasteiger partial charge in [-0.05, 0) is 31.5 Å². The van der Waals surface area contributed by atoms with Crippen molar-refractivity contribution < 1.29 is 9.59 Å². The summed E-state index contributed by atoms with van der Waals surface area (Å²) in [5.41, 5.74) is 1.79. The first kappa shape index (κ1) is 21.6. The van der Waals surface area contributed by atoms with E-state index in [-0.39, 0.29) is 30.0 Å². The van der Waals surface area contributed by atoms with Gasteiger partial charge < -0.3 is 15.2 Å². The van der Waals surface area contributed by atoms with Gasteiger partial charge in [-0.15, -0.1) is 10.2 Å². The first-order valence-corrected chi connectivity index (χ1v) is 10.8. The summed E-state index contributed by atoms with van der Waals surface area (Å²) in [6, 6.07) is 19.0. The summed E-state index contributed by atoms with van der Waals surface area (Å²) in [4.78, 5) is 24.7. The molecule has 2 amide bonds. The molecule has 30 heavy (non-hydrogen) atoms. The van der Waals surface area contributed by atoms with E-state index in [0.717, 1.165) is 11.3 Å². The predicted molar refractivity (Wildman–Crippen MR) is 118 cm³/mol. The van der Waals surface area contributed by atoms with Crippen LogP contribution in [-0.2, 0) is 22.6 Å². The second-order valence-corrected chi connectivity index (χ2v) is 7.67. The molecule has 1 heterocycles. The largest absolute Gasteiger partial charge is 0.349 e. The average Bonchev–Trinajstić information content (AvgIpc) is 3.14. The zero-order chi connectivity index (χ0) is 21.3. The minimum absolute atomic E-state index is 0.0689. The van der Waals surface area contributed by atoms with Crippen LogP contribution in [0.2, 0.25) is 0 Å². The molecular weight excluding hydrogens is 398 g/mol. The molecule has 0 bridgehead atoms. The van der Waals surface area contributed by atoms with Gasteiger partial charge in [0, 0.05) is 12.2 Å². The minimum atomic E-state index is -0.158. The molecule has 7 nitrogen and oxygen atoms in total. The predicted octanol–water partition coefficient (Wildman–Crippen LogP) is 3.45. The summed E-state index contributed by atoms with van der Waals surface area (Å²) >= 11 is 1.31. The van der Waals surface area contributed by atoms with Crippen LogP contribution in [0.3, 0.4) is 0 Å². The quantitative estimate of drug-likeness (QED) is 0.515. The smallest absolute Gasteiger partial charge is 0.232 e. The maximum absolute atomic E-state index is 12.3. The van der Waals surface area contributed by atoms with Crippen LogP contribution in [0.1, 0.15) is 31.3 Å². The number of aromatic nitrogens is 3. The van der Waals surface area contributed by atoms with Crippen molar-refractivity contribution in [3.63, 3.8) is 0 Å². The summed E-state index contributed by atoms with van der Waals surface area (Å²) in [6.07, 6.45) is 0.119. The van der Waals surface area contributed by atoms with Gasteiger partial charge >= 0.3 is 0 Å². The van der Waals surface area contributed by atoms with Crippen LogP contribution in [0.4, 0.5) is 5.69 Å². The highest BCUT2D eigenvalue weighted by Crippen LogP contribution is 2.18. The van der Waals surface area contributed by atoms with E-state index in [1.165, 1.54) is 11.8 Å². The molecule has 0 spiro atoms. The topological polar surface area (TPSA) is 88.9 Å². The van der Waals surface area contributed by atoms with Crippen molar-refractivity contribution in [2.75, 3.05) is 11.1 Å². The molecule has 0 saturated heterocycles. The molecule has 3 rings (SSSR count). The van der Waals surface area contributed by atoms with Gasteiger partial charge in [-0.3, -0.25) is 9.59 Å². The highest BCUT2D eigenvalue weighted by molar-refractivity contribution is 7.99. The number of hydrogen-bond acceptors (Lipinski definition) is 5. The van der Waals surface area contributed by atoms with Crippen LogP contribution in [0, 0.1) is 0 Å². The van der Waals surface area contributed by atoms with E-state index in [2.05, 4.69) is 20.8 Å². The Morgan fingerprint density at radius 1 is 1.00 bits per heavy atom. The first-order valence-electron chi connectivity index (χ1n) is 9.81. The van der Waals surface area contributed by atoms with E-state index in [4.69, 9.17) is 0 Å². The van der Waals surface area contributed by atoms with Crippen LogP contribution < -0.4 is 10.6 Å². The van der Waals surface area contributed by atoms with Gasteiger partial charge in [-0.2, -0.15) is 0 Å². The number of anilines is 1. The number of amides is 2. The van der Waals surface area contributed by atoms with Gasteiger partial charge in [0.1, 0.15) is 5.82 Å². The number of thioether (sulfide) groups is 1. The monoisotopic (exact) mass is 423 g/mol. The number of carbonyl (C=O) groups excluding carboxylic acids is 2. The maximum Gasteiger partial charge on any atom is 0.232 e. The molecule has 0 radical (unpaired) electrons. The minimum Gasteiger partial charge on any atom is -0.349 e. The number of nitrogens with one attached hydrogen (secondary N) is 2. The number of rotatable bonds is 9.